The van der Waals surface area contributed by atoms with E-state index in [0.29, 0.717) is 12.1 Å². The van der Waals surface area contributed by atoms with E-state index in [4.69, 9.17) is 10.2 Å². The molecule has 0 amide bonds. The Kier molecular flexibility index (Phi) is 4.97. The minimum absolute atomic E-state index is 0.141. The number of anilines is 1. The zero-order chi connectivity index (χ0) is 12.8. The minimum Gasteiger partial charge on any atom is -0.478 e. The number of hydrogen-bond acceptors (Lipinski definition) is 3. The summed E-state index contributed by atoms with van der Waals surface area (Å²) >= 11 is 0. The van der Waals surface area contributed by atoms with Gasteiger partial charge in [0.15, 0.2) is 0 Å². The van der Waals surface area contributed by atoms with Gasteiger partial charge >= 0.3 is 5.97 Å². The van der Waals surface area contributed by atoms with Gasteiger partial charge in [-0.2, -0.15) is 0 Å². The van der Waals surface area contributed by atoms with Crippen LogP contribution in [0.4, 0.5) is 5.69 Å². The maximum atomic E-state index is 11.0. The van der Waals surface area contributed by atoms with Crippen LogP contribution in [0.3, 0.4) is 0 Å². The molecule has 0 heterocycles. The molecule has 4 nitrogen and oxygen atoms in total. The van der Waals surface area contributed by atoms with E-state index in [0.717, 1.165) is 12.0 Å². The average Bonchev–Trinajstić information content (AvgIpc) is 2.26. The highest BCUT2D eigenvalue weighted by atomic mass is 16.4. The molecule has 0 aliphatic heterocycles. The number of hydrogen-bond donors (Lipinski definition) is 3. The molecular formula is C13H19NO3. The monoisotopic (exact) mass is 237 g/mol. The number of aliphatic hydroxyl groups excluding tert-OH is 1. The van der Waals surface area contributed by atoms with Crippen molar-refractivity contribution in [3.63, 3.8) is 0 Å². The number of nitrogens with one attached hydrogen (secondary N) is 1. The standard InChI is InChI=1S/C13H19NO3/c1-9-5-6-11(13(16)17)12(8-9)14-10(2)4-3-7-15/h5-6,8,10,14-15H,3-4,7H2,1-2H3,(H,16,17). The van der Waals surface area contributed by atoms with Crippen molar-refractivity contribution >= 4 is 11.7 Å². The van der Waals surface area contributed by atoms with E-state index >= 15 is 0 Å². The van der Waals surface area contributed by atoms with Crippen molar-refractivity contribution in [2.75, 3.05) is 11.9 Å². The van der Waals surface area contributed by atoms with E-state index in [1.54, 1.807) is 12.1 Å². The van der Waals surface area contributed by atoms with Crippen LogP contribution in [0, 0.1) is 6.92 Å². The second kappa shape index (κ2) is 6.25. The second-order valence-electron chi connectivity index (χ2n) is 4.27. The summed E-state index contributed by atoms with van der Waals surface area (Å²) in [5.41, 5.74) is 1.95. The summed E-state index contributed by atoms with van der Waals surface area (Å²) in [6.07, 6.45) is 1.52. The summed E-state index contributed by atoms with van der Waals surface area (Å²) in [4.78, 5) is 11.0. The van der Waals surface area contributed by atoms with Crippen molar-refractivity contribution < 1.29 is 15.0 Å². The molecule has 1 unspecified atom stereocenters. The molecule has 0 aliphatic rings. The van der Waals surface area contributed by atoms with Crippen LogP contribution in [0.2, 0.25) is 0 Å². The largest absolute Gasteiger partial charge is 0.478 e. The summed E-state index contributed by atoms with van der Waals surface area (Å²) in [5.74, 6) is -0.929. The first-order valence-corrected chi connectivity index (χ1v) is 5.76. The molecule has 1 atom stereocenters. The highest BCUT2D eigenvalue weighted by Crippen LogP contribution is 2.19. The normalized spacial score (nSPS) is 12.2. The Hall–Kier alpha value is -1.55. The molecule has 0 saturated heterocycles. The molecular weight excluding hydrogens is 218 g/mol. The van der Waals surface area contributed by atoms with E-state index in [1.165, 1.54) is 0 Å². The average molecular weight is 237 g/mol. The lowest BCUT2D eigenvalue weighted by molar-refractivity contribution is 0.0698. The van der Waals surface area contributed by atoms with Crippen LogP contribution in [-0.4, -0.2) is 28.8 Å². The van der Waals surface area contributed by atoms with E-state index in [2.05, 4.69) is 5.32 Å². The molecule has 0 bridgehead atoms. The Balaban J connectivity index is 2.81. The predicted molar refractivity (Wildman–Crippen MR) is 67.5 cm³/mol. The van der Waals surface area contributed by atoms with Gasteiger partial charge in [-0.15, -0.1) is 0 Å². The fraction of sp³-hybridized carbons (Fsp3) is 0.462. The van der Waals surface area contributed by atoms with Gasteiger partial charge in [0.25, 0.3) is 0 Å². The fourth-order valence-corrected chi connectivity index (χ4v) is 1.70. The van der Waals surface area contributed by atoms with Gasteiger partial charge in [0.1, 0.15) is 0 Å². The van der Waals surface area contributed by atoms with E-state index in [9.17, 15) is 4.79 Å². The van der Waals surface area contributed by atoms with Gasteiger partial charge in [0, 0.05) is 18.3 Å². The van der Waals surface area contributed by atoms with Gasteiger partial charge in [-0.3, -0.25) is 0 Å². The topological polar surface area (TPSA) is 69.6 Å². The second-order valence-corrected chi connectivity index (χ2v) is 4.27. The SMILES string of the molecule is Cc1ccc(C(=O)O)c(NC(C)CCCO)c1. The first-order chi connectivity index (χ1) is 8.04. The van der Waals surface area contributed by atoms with Gasteiger partial charge in [0.2, 0.25) is 0 Å². The van der Waals surface area contributed by atoms with Crippen molar-refractivity contribution in [1.82, 2.24) is 0 Å². The summed E-state index contributed by atoms with van der Waals surface area (Å²) in [5, 5.41) is 21.0. The lowest BCUT2D eigenvalue weighted by Crippen LogP contribution is -2.17. The Bertz CT molecular complexity index is 390. The molecule has 0 aromatic heterocycles. The highest BCUT2D eigenvalue weighted by molar-refractivity contribution is 5.94. The van der Waals surface area contributed by atoms with E-state index < -0.39 is 5.97 Å². The maximum absolute atomic E-state index is 11.0. The van der Waals surface area contributed by atoms with E-state index in [1.807, 2.05) is 19.9 Å². The maximum Gasteiger partial charge on any atom is 0.337 e. The fourth-order valence-electron chi connectivity index (χ4n) is 1.70. The Morgan fingerprint density at radius 1 is 1.47 bits per heavy atom. The molecule has 0 radical (unpaired) electrons. The third-order valence-corrected chi connectivity index (χ3v) is 2.60. The van der Waals surface area contributed by atoms with Crippen LogP contribution in [0.5, 0.6) is 0 Å². The number of carboxylic acids is 1. The molecule has 1 rings (SSSR count). The van der Waals surface area contributed by atoms with Crippen molar-refractivity contribution in [2.24, 2.45) is 0 Å². The molecule has 1 aromatic rings. The molecule has 17 heavy (non-hydrogen) atoms. The Morgan fingerprint density at radius 2 is 2.18 bits per heavy atom. The lowest BCUT2D eigenvalue weighted by Gasteiger charge is -2.17. The number of carboxylic acid groups (broad SMARTS) is 1. The summed E-state index contributed by atoms with van der Waals surface area (Å²) in [6.45, 7) is 4.06. The van der Waals surface area contributed by atoms with Crippen LogP contribution in [0.1, 0.15) is 35.7 Å². The molecule has 3 N–H and O–H groups in total. The number of rotatable bonds is 6. The Labute approximate surface area is 101 Å². The molecule has 0 fully saturated rings. The first kappa shape index (κ1) is 13.5. The molecule has 0 saturated carbocycles. The highest BCUT2D eigenvalue weighted by Gasteiger charge is 2.11. The smallest absolute Gasteiger partial charge is 0.337 e. The van der Waals surface area contributed by atoms with Crippen LogP contribution < -0.4 is 5.32 Å². The summed E-state index contributed by atoms with van der Waals surface area (Å²) in [6, 6.07) is 5.37. The molecule has 0 spiro atoms. The minimum atomic E-state index is -0.929. The van der Waals surface area contributed by atoms with Crippen molar-refractivity contribution in [1.29, 1.82) is 0 Å². The number of benzene rings is 1. The predicted octanol–water partition coefficient (Wildman–Crippen LogP) is 2.27. The molecule has 1 aromatic carbocycles. The zero-order valence-corrected chi connectivity index (χ0v) is 10.2. The zero-order valence-electron chi connectivity index (χ0n) is 10.2. The van der Waals surface area contributed by atoms with Gasteiger partial charge < -0.3 is 15.5 Å². The molecule has 4 heteroatoms. The van der Waals surface area contributed by atoms with Gasteiger partial charge in [-0.25, -0.2) is 4.79 Å². The molecule has 94 valence electrons. The first-order valence-electron chi connectivity index (χ1n) is 5.76. The number of carbonyl (C=O) groups is 1. The van der Waals surface area contributed by atoms with Crippen molar-refractivity contribution in [3.8, 4) is 0 Å². The van der Waals surface area contributed by atoms with Crippen molar-refractivity contribution in [2.45, 2.75) is 32.7 Å². The number of aliphatic hydroxyl groups is 1. The van der Waals surface area contributed by atoms with Gasteiger partial charge in [-0.1, -0.05) is 6.07 Å². The number of aryl methyl sites for hydroxylation is 1. The third kappa shape index (κ3) is 4.07. The Morgan fingerprint density at radius 3 is 2.76 bits per heavy atom. The van der Waals surface area contributed by atoms with Gasteiger partial charge in [0.05, 0.1) is 5.56 Å². The lowest BCUT2D eigenvalue weighted by atomic mass is 10.1. The molecule has 0 aliphatic carbocycles. The quantitative estimate of drug-likeness (QED) is 0.710. The van der Waals surface area contributed by atoms with Crippen LogP contribution in [0.25, 0.3) is 0 Å². The van der Waals surface area contributed by atoms with Crippen LogP contribution >= 0.6 is 0 Å². The summed E-state index contributed by atoms with van der Waals surface area (Å²) in [7, 11) is 0. The van der Waals surface area contributed by atoms with Gasteiger partial charge in [-0.05, 0) is 44.4 Å². The summed E-state index contributed by atoms with van der Waals surface area (Å²) < 4.78 is 0. The van der Waals surface area contributed by atoms with Crippen LogP contribution in [-0.2, 0) is 0 Å². The van der Waals surface area contributed by atoms with Crippen LogP contribution in [0.15, 0.2) is 18.2 Å². The third-order valence-electron chi connectivity index (χ3n) is 2.60. The van der Waals surface area contributed by atoms with Crippen molar-refractivity contribution in [3.05, 3.63) is 29.3 Å². The number of aromatic carboxylic acids is 1. The van der Waals surface area contributed by atoms with E-state index in [-0.39, 0.29) is 18.2 Å².